The van der Waals surface area contributed by atoms with Gasteiger partial charge in [0, 0.05) is 25.8 Å². The number of halogens is 1. The minimum absolute atomic E-state index is 0.323. The van der Waals surface area contributed by atoms with Gasteiger partial charge in [-0.25, -0.2) is 4.98 Å². The predicted octanol–water partition coefficient (Wildman–Crippen LogP) is 0.817. The molecule has 1 unspecified atom stereocenters. The first-order valence-corrected chi connectivity index (χ1v) is 7.61. The highest BCUT2D eigenvalue weighted by molar-refractivity contribution is 6.29. The Kier molecular flexibility index (Phi) is 4.18. The normalized spacial score (nSPS) is 21.9. The molecule has 1 aromatic rings. The van der Waals surface area contributed by atoms with E-state index >= 15 is 0 Å². The zero-order chi connectivity index (χ0) is 16.6. The molecule has 1 aromatic heterocycles. The quantitative estimate of drug-likeness (QED) is 0.496. The van der Waals surface area contributed by atoms with E-state index in [4.69, 9.17) is 11.6 Å². The number of fused-ring (bicyclic) bond motifs is 1. The van der Waals surface area contributed by atoms with Gasteiger partial charge in [0.05, 0.1) is 17.6 Å². The molecule has 0 aromatic carbocycles. The van der Waals surface area contributed by atoms with E-state index in [0.717, 1.165) is 5.56 Å². The number of nitrogens with zero attached hydrogens (tertiary/aromatic N) is 4. The fourth-order valence-corrected chi connectivity index (χ4v) is 2.97. The number of hydrogen-bond donors (Lipinski definition) is 1. The number of hydrogen-bond acceptors (Lipinski definition) is 7. The van der Waals surface area contributed by atoms with E-state index in [1.165, 1.54) is 0 Å². The van der Waals surface area contributed by atoms with E-state index < -0.39 is 16.7 Å². The third-order valence-corrected chi connectivity index (χ3v) is 4.32. The van der Waals surface area contributed by atoms with Crippen LogP contribution in [0.4, 0.5) is 0 Å². The Morgan fingerprint density at radius 1 is 1.48 bits per heavy atom. The Balaban J connectivity index is 1.76. The highest BCUT2D eigenvalue weighted by Crippen LogP contribution is 2.25. The first-order chi connectivity index (χ1) is 11.0. The summed E-state index contributed by atoms with van der Waals surface area (Å²) < 4.78 is 0. The molecule has 3 heterocycles. The maximum absolute atomic E-state index is 12.0. The SMILES string of the molecule is CC1C(=O)C([N+](=O)[O-])=C2NCN(Cc3ccc(Cl)nc3)CCN21. The predicted molar refractivity (Wildman–Crippen MR) is 82.9 cm³/mol. The Bertz CT molecular complexity index is 675. The van der Waals surface area contributed by atoms with Gasteiger partial charge < -0.3 is 10.2 Å². The maximum Gasteiger partial charge on any atom is 0.353 e. The van der Waals surface area contributed by atoms with Crippen molar-refractivity contribution in [2.24, 2.45) is 0 Å². The molecule has 0 radical (unpaired) electrons. The van der Waals surface area contributed by atoms with Crippen LogP contribution in [0.25, 0.3) is 0 Å². The molecule has 8 nitrogen and oxygen atoms in total. The van der Waals surface area contributed by atoms with Gasteiger partial charge in [-0.3, -0.25) is 19.8 Å². The van der Waals surface area contributed by atoms with Crippen LogP contribution in [0, 0.1) is 10.1 Å². The Labute approximate surface area is 137 Å². The van der Waals surface area contributed by atoms with Gasteiger partial charge >= 0.3 is 5.70 Å². The van der Waals surface area contributed by atoms with Crippen molar-refractivity contribution in [1.29, 1.82) is 0 Å². The van der Waals surface area contributed by atoms with Crippen LogP contribution < -0.4 is 5.32 Å². The van der Waals surface area contributed by atoms with Crippen molar-refractivity contribution in [1.82, 2.24) is 20.1 Å². The lowest BCUT2D eigenvalue weighted by Crippen LogP contribution is -2.36. The zero-order valence-electron chi connectivity index (χ0n) is 12.5. The van der Waals surface area contributed by atoms with E-state index in [-0.39, 0.29) is 5.70 Å². The van der Waals surface area contributed by atoms with Gasteiger partial charge in [0.1, 0.15) is 5.15 Å². The number of pyridine rings is 1. The Morgan fingerprint density at radius 2 is 2.26 bits per heavy atom. The third-order valence-electron chi connectivity index (χ3n) is 4.10. The lowest BCUT2D eigenvalue weighted by atomic mass is 10.2. The molecule has 0 saturated carbocycles. The molecule has 1 atom stereocenters. The van der Waals surface area contributed by atoms with Crippen LogP contribution in [-0.2, 0) is 11.3 Å². The van der Waals surface area contributed by atoms with Crippen molar-refractivity contribution >= 4 is 17.4 Å². The highest BCUT2D eigenvalue weighted by atomic mass is 35.5. The van der Waals surface area contributed by atoms with Crippen molar-refractivity contribution in [3.05, 3.63) is 50.7 Å². The van der Waals surface area contributed by atoms with Crippen LogP contribution in [0.1, 0.15) is 12.5 Å². The summed E-state index contributed by atoms with van der Waals surface area (Å²) in [5.74, 6) is -0.114. The summed E-state index contributed by atoms with van der Waals surface area (Å²) in [7, 11) is 0. The second kappa shape index (κ2) is 6.13. The van der Waals surface area contributed by atoms with Crippen LogP contribution in [0.2, 0.25) is 5.15 Å². The molecule has 1 saturated heterocycles. The summed E-state index contributed by atoms with van der Waals surface area (Å²) in [6.45, 7) is 3.99. The largest absolute Gasteiger partial charge is 0.353 e. The molecule has 1 fully saturated rings. The van der Waals surface area contributed by atoms with Gasteiger partial charge in [-0.1, -0.05) is 17.7 Å². The first-order valence-electron chi connectivity index (χ1n) is 7.23. The van der Waals surface area contributed by atoms with E-state index in [1.807, 2.05) is 6.07 Å². The molecular formula is C14H16ClN5O3. The van der Waals surface area contributed by atoms with Gasteiger partial charge in [0.2, 0.25) is 0 Å². The van der Waals surface area contributed by atoms with E-state index in [9.17, 15) is 14.9 Å². The molecule has 0 amide bonds. The standard InChI is InChI=1S/C14H16ClN5O3/c1-9-13(21)12(20(22)23)14-17-8-18(4-5-19(9)14)7-10-2-3-11(15)16-6-10/h2-3,6,9,17H,4-5,7-8H2,1H3. The number of nitrogens with one attached hydrogen (secondary N) is 1. The molecule has 2 aliphatic rings. The summed E-state index contributed by atoms with van der Waals surface area (Å²) in [5, 5.41) is 14.6. The van der Waals surface area contributed by atoms with Gasteiger partial charge in [-0.05, 0) is 18.6 Å². The molecule has 9 heteroatoms. The van der Waals surface area contributed by atoms with Crippen LogP contribution in [0.15, 0.2) is 29.8 Å². The number of carbonyl (C=O) groups excluding carboxylic acids is 1. The van der Waals surface area contributed by atoms with Crippen LogP contribution in [0.3, 0.4) is 0 Å². The van der Waals surface area contributed by atoms with E-state index in [2.05, 4.69) is 15.2 Å². The van der Waals surface area contributed by atoms with Gasteiger partial charge in [-0.2, -0.15) is 0 Å². The van der Waals surface area contributed by atoms with Crippen molar-refractivity contribution in [2.75, 3.05) is 19.8 Å². The van der Waals surface area contributed by atoms with Crippen LogP contribution in [-0.4, -0.2) is 51.3 Å². The van der Waals surface area contributed by atoms with E-state index in [0.29, 0.717) is 37.3 Å². The van der Waals surface area contributed by atoms with Gasteiger partial charge in [-0.15, -0.1) is 0 Å². The Hall–Kier alpha value is -2.19. The maximum atomic E-state index is 12.0. The second-order valence-electron chi connectivity index (χ2n) is 5.56. The number of rotatable bonds is 3. The van der Waals surface area contributed by atoms with Crippen molar-refractivity contribution < 1.29 is 9.72 Å². The second-order valence-corrected chi connectivity index (χ2v) is 5.95. The van der Waals surface area contributed by atoms with Crippen molar-refractivity contribution in [2.45, 2.75) is 19.5 Å². The lowest BCUT2D eigenvalue weighted by Gasteiger charge is -2.22. The molecule has 1 N–H and O–H groups in total. The molecule has 3 rings (SSSR count). The van der Waals surface area contributed by atoms with Gasteiger partial charge in [0.25, 0.3) is 5.78 Å². The fraction of sp³-hybridized carbons (Fsp3) is 0.429. The molecule has 0 bridgehead atoms. The molecule has 0 aliphatic carbocycles. The summed E-state index contributed by atoms with van der Waals surface area (Å²) in [4.78, 5) is 30.5. The summed E-state index contributed by atoms with van der Waals surface area (Å²) in [6.07, 6.45) is 1.71. The summed E-state index contributed by atoms with van der Waals surface area (Å²) in [6, 6.07) is 3.12. The average Bonchev–Trinajstić information content (AvgIpc) is 2.65. The minimum atomic E-state index is -0.597. The topological polar surface area (TPSA) is 91.6 Å². The summed E-state index contributed by atoms with van der Waals surface area (Å²) in [5.41, 5.74) is 0.665. The van der Waals surface area contributed by atoms with Crippen LogP contribution >= 0.6 is 11.6 Å². The number of aromatic nitrogens is 1. The zero-order valence-corrected chi connectivity index (χ0v) is 13.3. The minimum Gasteiger partial charge on any atom is -0.353 e. The molecule has 0 spiro atoms. The monoisotopic (exact) mass is 337 g/mol. The number of carbonyl (C=O) groups is 1. The Morgan fingerprint density at radius 3 is 2.91 bits per heavy atom. The van der Waals surface area contributed by atoms with Crippen molar-refractivity contribution in [3.8, 4) is 0 Å². The molecule has 122 valence electrons. The third kappa shape index (κ3) is 2.99. The molecular weight excluding hydrogens is 322 g/mol. The van der Waals surface area contributed by atoms with Crippen molar-refractivity contribution in [3.63, 3.8) is 0 Å². The van der Waals surface area contributed by atoms with Crippen LogP contribution in [0.5, 0.6) is 0 Å². The van der Waals surface area contributed by atoms with E-state index in [1.54, 1.807) is 24.1 Å². The first kappa shape index (κ1) is 15.7. The average molecular weight is 338 g/mol. The highest BCUT2D eigenvalue weighted by Gasteiger charge is 2.45. The fourth-order valence-electron chi connectivity index (χ4n) is 2.86. The number of nitro groups is 1. The van der Waals surface area contributed by atoms with Gasteiger partial charge in [0.15, 0.2) is 5.82 Å². The number of ketones is 1. The molecule has 2 aliphatic heterocycles. The number of Topliss-reactive ketones (excluding diaryl/α,β-unsaturated/α-hetero) is 1. The molecule has 23 heavy (non-hydrogen) atoms. The smallest absolute Gasteiger partial charge is 0.353 e. The lowest BCUT2D eigenvalue weighted by molar-refractivity contribution is -0.419. The summed E-state index contributed by atoms with van der Waals surface area (Å²) >= 11 is 5.77.